The Bertz CT molecular complexity index is 372. The molecule has 5 heteroatoms. The lowest BCUT2D eigenvalue weighted by Gasteiger charge is -2.34. The Morgan fingerprint density at radius 1 is 1.35 bits per heavy atom. The van der Waals surface area contributed by atoms with Crippen LogP contribution in [-0.4, -0.2) is 47.7 Å². The molecule has 112 valence electrons. The zero-order valence-electron chi connectivity index (χ0n) is 12.1. The van der Waals surface area contributed by atoms with Crippen LogP contribution in [0.4, 0.5) is 0 Å². The summed E-state index contributed by atoms with van der Waals surface area (Å²) < 4.78 is 0. The third kappa shape index (κ3) is 3.94. The van der Waals surface area contributed by atoms with Gasteiger partial charge < -0.3 is 10.4 Å². The van der Waals surface area contributed by atoms with Crippen LogP contribution in [-0.2, 0) is 4.79 Å². The molecule has 1 saturated heterocycles. The van der Waals surface area contributed by atoms with E-state index in [-0.39, 0.29) is 18.4 Å². The summed E-state index contributed by atoms with van der Waals surface area (Å²) >= 11 is 0. The van der Waals surface area contributed by atoms with Gasteiger partial charge in [-0.25, -0.2) is 0 Å². The van der Waals surface area contributed by atoms with Crippen LogP contribution < -0.4 is 5.32 Å². The van der Waals surface area contributed by atoms with Gasteiger partial charge in [0, 0.05) is 13.2 Å². The van der Waals surface area contributed by atoms with E-state index in [0.717, 1.165) is 58.0 Å². The Labute approximate surface area is 120 Å². The second kappa shape index (κ2) is 7.05. The van der Waals surface area contributed by atoms with Crippen LogP contribution in [0.2, 0.25) is 0 Å². The van der Waals surface area contributed by atoms with Gasteiger partial charge in [0.15, 0.2) is 0 Å². The number of hydrogen-bond donors (Lipinski definition) is 2. The minimum atomic E-state index is -0.637. The van der Waals surface area contributed by atoms with Gasteiger partial charge in [0.05, 0.1) is 12.6 Å². The van der Waals surface area contributed by atoms with Crippen molar-refractivity contribution in [3.05, 3.63) is 0 Å². The fraction of sp³-hybridized carbons (Fsp3) is 0.867. The maximum atomic E-state index is 12.2. The average Bonchev–Trinajstić information content (AvgIpc) is 2.48. The van der Waals surface area contributed by atoms with Crippen LogP contribution in [0.5, 0.6) is 0 Å². The first kappa shape index (κ1) is 15.3. The molecule has 0 aromatic heterocycles. The van der Waals surface area contributed by atoms with Gasteiger partial charge in [-0.1, -0.05) is 19.3 Å². The molecule has 0 radical (unpaired) electrons. The summed E-state index contributed by atoms with van der Waals surface area (Å²) in [6.07, 6.45) is 6.81. The maximum absolute atomic E-state index is 12.2. The number of nitrogens with one attached hydrogen (secondary N) is 1. The van der Waals surface area contributed by atoms with Gasteiger partial charge in [0.2, 0.25) is 5.91 Å². The van der Waals surface area contributed by atoms with Crippen molar-refractivity contribution in [3.8, 4) is 6.07 Å². The molecular formula is C15H25N3O2. The summed E-state index contributed by atoms with van der Waals surface area (Å²) in [6.45, 7) is 2.23. The first-order valence-corrected chi connectivity index (χ1v) is 7.73. The van der Waals surface area contributed by atoms with Gasteiger partial charge in [-0.05, 0) is 38.1 Å². The second-order valence-corrected chi connectivity index (χ2v) is 6.23. The topological polar surface area (TPSA) is 76.4 Å². The van der Waals surface area contributed by atoms with Crippen molar-refractivity contribution >= 4 is 5.91 Å². The standard InChI is InChI=1S/C15H25N3O2/c16-12-15(6-2-1-3-7-15)17-14(20)10-18-8-4-5-13(9-18)11-19/h13,19H,1-11H2,(H,17,20). The third-order valence-corrected chi connectivity index (χ3v) is 4.53. The summed E-state index contributed by atoms with van der Waals surface area (Å²) in [5.41, 5.74) is -0.637. The minimum absolute atomic E-state index is 0.0490. The molecule has 2 aliphatic rings. The number of aliphatic hydroxyl groups excluding tert-OH is 1. The van der Waals surface area contributed by atoms with Crippen LogP contribution in [0.15, 0.2) is 0 Å². The Balaban J connectivity index is 1.83. The number of hydrogen-bond acceptors (Lipinski definition) is 4. The van der Waals surface area contributed by atoms with Crippen molar-refractivity contribution in [2.75, 3.05) is 26.2 Å². The van der Waals surface area contributed by atoms with E-state index in [1.165, 1.54) is 0 Å². The average molecular weight is 279 g/mol. The normalized spacial score (nSPS) is 26.7. The van der Waals surface area contributed by atoms with Crippen LogP contribution >= 0.6 is 0 Å². The monoisotopic (exact) mass is 279 g/mol. The molecule has 0 bridgehead atoms. The molecule has 1 heterocycles. The molecule has 20 heavy (non-hydrogen) atoms. The quantitative estimate of drug-likeness (QED) is 0.806. The first-order chi connectivity index (χ1) is 9.67. The van der Waals surface area contributed by atoms with Gasteiger partial charge in [-0.2, -0.15) is 5.26 Å². The number of rotatable bonds is 4. The predicted molar refractivity (Wildman–Crippen MR) is 75.8 cm³/mol. The smallest absolute Gasteiger partial charge is 0.235 e. The lowest BCUT2D eigenvalue weighted by molar-refractivity contribution is -0.124. The van der Waals surface area contributed by atoms with Crippen molar-refractivity contribution in [1.29, 1.82) is 5.26 Å². The summed E-state index contributed by atoms with van der Waals surface area (Å²) in [5, 5.41) is 21.5. The van der Waals surface area contributed by atoms with Crippen LogP contribution in [0.3, 0.4) is 0 Å². The van der Waals surface area contributed by atoms with E-state index >= 15 is 0 Å². The number of piperidine rings is 1. The van der Waals surface area contributed by atoms with Crippen molar-refractivity contribution in [2.24, 2.45) is 5.92 Å². The molecule has 2 fully saturated rings. The predicted octanol–water partition coefficient (Wildman–Crippen LogP) is 1.03. The number of aliphatic hydroxyl groups is 1. The van der Waals surface area contributed by atoms with Gasteiger partial charge in [-0.15, -0.1) is 0 Å². The zero-order valence-corrected chi connectivity index (χ0v) is 12.1. The lowest BCUT2D eigenvalue weighted by Crippen LogP contribution is -2.52. The molecule has 0 aromatic carbocycles. The highest BCUT2D eigenvalue weighted by Crippen LogP contribution is 2.27. The summed E-state index contributed by atoms with van der Waals surface area (Å²) in [5.74, 6) is 0.239. The zero-order chi connectivity index (χ0) is 14.4. The maximum Gasteiger partial charge on any atom is 0.235 e. The highest BCUT2D eigenvalue weighted by Gasteiger charge is 2.34. The number of nitrogens with zero attached hydrogens (tertiary/aromatic N) is 2. The first-order valence-electron chi connectivity index (χ1n) is 7.73. The van der Waals surface area contributed by atoms with Crippen LogP contribution in [0.25, 0.3) is 0 Å². The van der Waals surface area contributed by atoms with Gasteiger partial charge >= 0.3 is 0 Å². The Morgan fingerprint density at radius 2 is 2.10 bits per heavy atom. The molecule has 1 aliphatic heterocycles. The summed E-state index contributed by atoms with van der Waals surface area (Å²) in [7, 11) is 0. The second-order valence-electron chi connectivity index (χ2n) is 6.23. The third-order valence-electron chi connectivity index (χ3n) is 4.53. The van der Waals surface area contributed by atoms with E-state index in [4.69, 9.17) is 0 Å². The van der Waals surface area contributed by atoms with Crippen molar-refractivity contribution < 1.29 is 9.90 Å². The molecular weight excluding hydrogens is 254 g/mol. The molecule has 1 saturated carbocycles. The molecule has 2 N–H and O–H groups in total. The Kier molecular flexibility index (Phi) is 5.38. The van der Waals surface area contributed by atoms with E-state index in [9.17, 15) is 15.2 Å². The van der Waals surface area contributed by atoms with Gasteiger partial charge in [0.25, 0.3) is 0 Å². The molecule has 1 atom stereocenters. The number of likely N-dealkylation sites (tertiary alicyclic amines) is 1. The molecule has 5 nitrogen and oxygen atoms in total. The van der Waals surface area contributed by atoms with Crippen molar-refractivity contribution in [1.82, 2.24) is 10.2 Å². The molecule has 1 aliphatic carbocycles. The molecule has 1 amide bonds. The lowest BCUT2D eigenvalue weighted by atomic mass is 9.83. The van der Waals surface area contributed by atoms with Gasteiger partial charge in [-0.3, -0.25) is 9.69 Å². The van der Waals surface area contributed by atoms with E-state index < -0.39 is 5.54 Å². The number of amides is 1. The van der Waals surface area contributed by atoms with Crippen molar-refractivity contribution in [2.45, 2.75) is 50.5 Å². The van der Waals surface area contributed by atoms with Crippen LogP contribution in [0, 0.1) is 17.2 Å². The molecule has 2 rings (SSSR count). The minimum Gasteiger partial charge on any atom is -0.396 e. The van der Waals surface area contributed by atoms with E-state index in [2.05, 4.69) is 16.3 Å². The fourth-order valence-electron chi connectivity index (χ4n) is 3.37. The van der Waals surface area contributed by atoms with Gasteiger partial charge in [0.1, 0.15) is 5.54 Å². The number of carbonyl (C=O) groups excluding carboxylic acids is 1. The highest BCUT2D eigenvalue weighted by atomic mass is 16.3. The van der Waals surface area contributed by atoms with E-state index in [0.29, 0.717) is 6.54 Å². The number of carbonyl (C=O) groups is 1. The summed E-state index contributed by atoms with van der Waals surface area (Å²) in [4.78, 5) is 14.3. The molecule has 0 aromatic rings. The van der Waals surface area contributed by atoms with Crippen LogP contribution in [0.1, 0.15) is 44.9 Å². The highest BCUT2D eigenvalue weighted by molar-refractivity contribution is 5.79. The summed E-state index contributed by atoms with van der Waals surface area (Å²) in [6, 6.07) is 2.32. The number of nitriles is 1. The van der Waals surface area contributed by atoms with Crippen molar-refractivity contribution in [3.63, 3.8) is 0 Å². The largest absolute Gasteiger partial charge is 0.396 e. The Morgan fingerprint density at radius 3 is 2.75 bits per heavy atom. The Hall–Kier alpha value is -1.12. The van der Waals surface area contributed by atoms with E-state index in [1.807, 2.05) is 0 Å². The fourth-order valence-corrected chi connectivity index (χ4v) is 3.37. The van der Waals surface area contributed by atoms with E-state index in [1.54, 1.807) is 0 Å². The SMILES string of the molecule is N#CC1(NC(=O)CN2CCCC(CO)C2)CCCCC1. The molecule has 1 unspecified atom stereocenters. The molecule has 0 spiro atoms.